The van der Waals surface area contributed by atoms with Crippen LogP contribution in [0.15, 0.2) is 54.9 Å². The molecule has 0 aliphatic rings. The molecule has 0 atom stereocenters. The molecule has 0 bridgehead atoms. The van der Waals surface area contributed by atoms with Crippen LogP contribution in [-0.4, -0.2) is 25.5 Å². The molecule has 1 N–H and O–H groups in total. The zero-order valence-electron chi connectivity index (χ0n) is 15.8. The number of non-ortho nitro benzene ring substituents is 2. The molecular formula is C19H17N5O6. The van der Waals surface area contributed by atoms with Gasteiger partial charge in [0.15, 0.2) is 6.73 Å². The first-order valence-corrected chi connectivity index (χ1v) is 8.85. The fraction of sp³-hybridized carbons (Fsp3) is 0.158. The van der Waals surface area contributed by atoms with Crippen molar-refractivity contribution < 1.29 is 19.4 Å². The summed E-state index contributed by atoms with van der Waals surface area (Å²) < 4.78 is 7.06. The number of amides is 1. The Bertz CT molecular complexity index is 1060. The summed E-state index contributed by atoms with van der Waals surface area (Å²) in [7, 11) is 0. The number of carbonyl (C=O) groups excluding carboxylic acids is 1. The van der Waals surface area contributed by atoms with Gasteiger partial charge in [-0.25, -0.2) is 4.68 Å². The number of benzene rings is 2. The molecule has 3 rings (SSSR count). The van der Waals surface area contributed by atoms with Crippen molar-refractivity contribution in [1.29, 1.82) is 0 Å². The number of aromatic nitrogens is 2. The van der Waals surface area contributed by atoms with E-state index in [0.717, 1.165) is 24.6 Å². The largest absolute Gasteiger partial charge is 0.471 e. The van der Waals surface area contributed by atoms with Crippen molar-refractivity contribution in [2.45, 2.75) is 20.1 Å². The van der Waals surface area contributed by atoms with Gasteiger partial charge < -0.3 is 10.1 Å². The van der Waals surface area contributed by atoms with E-state index in [1.807, 2.05) is 24.3 Å². The van der Waals surface area contributed by atoms with Crippen molar-refractivity contribution in [2.24, 2.45) is 0 Å². The maximum atomic E-state index is 12.4. The molecule has 0 aliphatic carbocycles. The topological polar surface area (TPSA) is 142 Å². The Morgan fingerprint density at radius 1 is 1.10 bits per heavy atom. The van der Waals surface area contributed by atoms with Crippen molar-refractivity contribution in [3.8, 4) is 5.75 Å². The van der Waals surface area contributed by atoms with Gasteiger partial charge in [-0.15, -0.1) is 0 Å². The summed E-state index contributed by atoms with van der Waals surface area (Å²) in [5, 5.41) is 28.5. The molecule has 0 saturated carbocycles. The van der Waals surface area contributed by atoms with Gasteiger partial charge in [0.2, 0.25) is 0 Å². The van der Waals surface area contributed by atoms with Gasteiger partial charge in [0.05, 0.1) is 39.6 Å². The van der Waals surface area contributed by atoms with Crippen LogP contribution in [0.1, 0.15) is 22.8 Å². The van der Waals surface area contributed by atoms with E-state index in [4.69, 9.17) is 4.74 Å². The number of nitrogens with one attached hydrogen (secondary N) is 1. The van der Waals surface area contributed by atoms with Gasteiger partial charge in [-0.2, -0.15) is 5.10 Å². The zero-order chi connectivity index (χ0) is 21.7. The Morgan fingerprint density at radius 2 is 1.73 bits per heavy atom. The molecule has 0 aliphatic heterocycles. The maximum absolute atomic E-state index is 12.4. The first-order valence-electron chi connectivity index (χ1n) is 8.85. The molecule has 11 nitrogen and oxygen atoms in total. The number of rotatable bonds is 8. The summed E-state index contributed by atoms with van der Waals surface area (Å²) in [5.41, 5.74) is 0.183. The summed E-state index contributed by atoms with van der Waals surface area (Å²) in [5.74, 6) is -0.0744. The van der Waals surface area contributed by atoms with Crippen molar-refractivity contribution in [3.63, 3.8) is 0 Å². The summed E-state index contributed by atoms with van der Waals surface area (Å²) in [6, 6.07) is 10.3. The van der Waals surface area contributed by atoms with Gasteiger partial charge in [-0.1, -0.05) is 19.1 Å². The lowest BCUT2D eigenvalue weighted by molar-refractivity contribution is -0.394. The SMILES string of the molecule is CCc1ccc(OCn2cc(NC(=O)c3cc([N+](=O)[O-])cc([N+](=O)[O-])c3)cn2)cc1. The molecule has 1 amide bonds. The normalized spacial score (nSPS) is 10.4. The van der Waals surface area contributed by atoms with E-state index in [9.17, 15) is 25.0 Å². The minimum Gasteiger partial charge on any atom is -0.471 e. The Labute approximate surface area is 170 Å². The molecule has 1 aromatic heterocycles. The minimum atomic E-state index is -0.799. The predicted molar refractivity (Wildman–Crippen MR) is 106 cm³/mol. The number of anilines is 1. The first kappa shape index (κ1) is 20.5. The van der Waals surface area contributed by atoms with Crippen LogP contribution in [0.3, 0.4) is 0 Å². The van der Waals surface area contributed by atoms with Crippen molar-refractivity contribution in [3.05, 3.63) is 86.2 Å². The molecule has 0 saturated heterocycles. The van der Waals surface area contributed by atoms with E-state index in [1.54, 1.807) is 0 Å². The van der Waals surface area contributed by atoms with E-state index < -0.39 is 27.1 Å². The highest BCUT2D eigenvalue weighted by molar-refractivity contribution is 6.05. The van der Waals surface area contributed by atoms with Crippen LogP contribution >= 0.6 is 0 Å². The van der Waals surface area contributed by atoms with Crippen molar-refractivity contribution >= 4 is 23.0 Å². The summed E-state index contributed by atoms with van der Waals surface area (Å²) in [6.45, 7) is 2.16. The van der Waals surface area contributed by atoms with Gasteiger partial charge in [0.25, 0.3) is 17.3 Å². The second-order valence-corrected chi connectivity index (χ2v) is 6.25. The number of aryl methyl sites for hydroxylation is 1. The minimum absolute atomic E-state index is 0.101. The highest BCUT2D eigenvalue weighted by Gasteiger charge is 2.20. The van der Waals surface area contributed by atoms with E-state index in [-0.39, 0.29) is 12.3 Å². The summed E-state index contributed by atoms with van der Waals surface area (Å²) >= 11 is 0. The van der Waals surface area contributed by atoms with Crippen LogP contribution in [0.25, 0.3) is 0 Å². The van der Waals surface area contributed by atoms with Gasteiger partial charge in [0, 0.05) is 12.1 Å². The van der Waals surface area contributed by atoms with Crippen LogP contribution in [0.4, 0.5) is 17.1 Å². The lowest BCUT2D eigenvalue weighted by Crippen LogP contribution is -2.12. The number of nitrogens with zero attached hydrogens (tertiary/aromatic N) is 4. The van der Waals surface area contributed by atoms with E-state index in [0.29, 0.717) is 11.4 Å². The zero-order valence-corrected chi connectivity index (χ0v) is 15.8. The van der Waals surface area contributed by atoms with Gasteiger partial charge >= 0.3 is 0 Å². The van der Waals surface area contributed by atoms with Crippen LogP contribution in [0.2, 0.25) is 0 Å². The fourth-order valence-corrected chi connectivity index (χ4v) is 2.60. The van der Waals surface area contributed by atoms with Crippen LogP contribution in [-0.2, 0) is 13.2 Å². The fourth-order valence-electron chi connectivity index (χ4n) is 2.60. The lowest BCUT2D eigenvalue weighted by atomic mass is 10.1. The molecule has 0 fully saturated rings. The first-order chi connectivity index (χ1) is 14.4. The van der Waals surface area contributed by atoms with E-state index in [2.05, 4.69) is 17.3 Å². The Balaban J connectivity index is 1.67. The molecule has 0 radical (unpaired) electrons. The molecule has 2 aromatic carbocycles. The van der Waals surface area contributed by atoms with Gasteiger partial charge in [0.1, 0.15) is 5.75 Å². The molecule has 154 valence electrons. The molecule has 1 heterocycles. The lowest BCUT2D eigenvalue weighted by Gasteiger charge is -2.06. The maximum Gasteiger partial charge on any atom is 0.277 e. The number of hydrogen-bond donors (Lipinski definition) is 1. The van der Waals surface area contributed by atoms with E-state index in [1.165, 1.54) is 22.6 Å². The molecule has 11 heteroatoms. The number of nitro groups is 2. The highest BCUT2D eigenvalue weighted by atomic mass is 16.6. The van der Waals surface area contributed by atoms with Crippen LogP contribution < -0.4 is 10.1 Å². The van der Waals surface area contributed by atoms with Crippen LogP contribution in [0.5, 0.6) is 5.75 Å². The Kier molecular flexibility index (Phi) is 6.01. The third-order valence-corrected chi connectivity index (χ3v) is 4.17. The standard InChI is InChI=1S/C19H17N5O6/c1-2-13-3-5-18(6-4-13)30-12-22-11-15(10-20-22)21-19(25)14-7-16(23(26)27)9-17(8-14)24(28)29/h3-11H,2,12H2,1H3,(H,21,25). The third-order valence-electron chi connectivity index (χ3n) is 4.17. The number of nitro benzene ring substituents is 2. The monoisotopic (exact) mass is 411 g/mol. The average molecular weight is 411 g/mol. The molecule has 0 spiro atoms. The van der Waals surface area contributed by atoms with Crippen LogP contribution in [0, 0.1) is 20.2 Å². The highest BCUT2D eigenvalue weighted by Crippen LogP contribution is 2.23. The second kappa shape index (κ2) is 8.82. The third kappa shape index (κ3) is 4.95. The van der Waals surface area contributed by atoms with Crippen molar-refractivity contribution in [1.82, 2.24) is 9.78 Å². The molecular weight excluding hydrogens is 394 g/mol. The van der Waals surface area contributed by atoms with E-state index >= 15 is 0 Å². The van der Waals surface area contributed by atoms with Crippen molar-refractivity contribution in [2.75, 3.05) is 5.32 Å². The summed E-state index contributed by atoms with van der Waals surface area (Å²) in [4.78, 5) is 32.7. The number of hydrogen-bond acceptors (Lipinski definition) is 7. The molecule has 3 aromatic rings. The second-order valence-electron chi connectivity index (χ2n) is 6.25. The average Bonchev–Trinajstić information content (AvgIpc) is 3.19. The van der Waals surface area contributed by atoms with Gasteiger partial charge in [-0.05, 0) is 24.1 Å². The Morgan fingerprint density at radius 3 is 2.30 bits per heavy atom. The summed E-state index contributed by atoms with van der Waals surface area (Å²) in [6.07, 6.45) is 3.80. The van der Waals surface area contributed by atoms with Gasteiger partial charge in [-0.3, -0.25) is 25.0 Å². The quantitative estimate of drug-likeness (QED) is 0.441. The number of ether oxygens (including phenoxy) is 1. The Hall–Kier alpha value is -4.28. The number of carbonyl (C=O) groups is 1. The smallest absolute Gasteiger partial charge is 0.277 e. The molecule has 0 unspecified atom stereocenters. The molecule has 30 heavy (non-hydrogen) atoms. The predicted octanol–water partition coefficient (Wildman–Crippen LogP) is 3.55.